The molecule has 0 bridgehead atoms. The number of hydrogen-bond acceptors (Lipinski definition) is 3. The largest absolute Gasteiger partial charge is 0.379 e. The molecule has 2 aromatic carbocycles. The molecule has 0 saturated carbocycles. The SMILES string of the molecule is CC(CCNc1ccc(Br)cc1[N+](=O)[O-])c1ccccc1. The molecule has 0 spiro atoms. The van der Waals surface area contributed by atoms with Crippen LogP contribution in [0.5, 0.6) is 0 Å². The van der Waals surface area contributed by atoms with Crippen molar-refractivity contribution in [1.29, 1.82) is 0 Å². The van der Waals surface area contributed by atoms with Crippen molar-refractivity contribution in [2.75, 3.05) is 11.9 Å². The van der Waals surface area contributed by atoms with E-state index in [9.17, 15) is 10.1 Å². The summed E-state index contributed by atoms with van der Waals surface area (Å²) in [6.07, 6.45) is 0.914. The lowest BCUT2D eigenvalue weighted by Gasteiger charge is -2.13. The summed E-state index contributed by atoms with van der Waals surface area (Å²) >= 11 is 3.25. The van der Waals surface area contributed by atoms with Crippen LogP contribution in [0.2, 0.25) is 0 Å². The lowest BCUT2D eigenvalue weighted by molar-refractivity contribution is -0.384. The van der Waals surface area contributed by atoms with Gasteiger partial charge in [-0.25, -0.2) is 0 Å². The zero-order chi connectivity index (χ0) is 15.2. The van der Waals surface area contributed by atoms with Crippen LogP contribution < -0.4 is 5.32 Å². The molecule has 1 unspecified atom stereocenters. The number of nitrogens with zero attached hydrogens (tertiary/aromatic N) is 1. The Hall–Kier alpha value is -1.88. The van der Waals surface area contributed by atoms with Gasteiger partial charge in [-0.1, -0.05) is 53.2 Å². The molecule has 110 valence electrons. The molecule has 1 atom stereocenters. The average molecular weight is 349 g/mol. The van der Waals surface area contributed by atoms with Crippen molar-refractivity contribution in [1.82, 2.24) is 0 Å². The topological polar surface area (TPSA) is 55.2 Å². The zero-order valence-electron chi connectivity index (χ0n) is 11.8. The summed E-state index contributed by atoms with van der Waals surface area (Å²) in [5, 5.41) is 14.2. The van der Waals surface area contributed by atoms with Crippen molar-refractivity contribution < 1.29 is 4.92 Å². The minimum Gasteiger partial charge on any atom is -0.379 e. The molecular formula is C16H17BrN2O2. The third-order valence-corrected chi connectivity index (χ3v) is 3.91. The highest BCUT2D eigenvalue weighted by molar-refractivity contribution is 9.10. The van der Waals surface area contributed by atoms with Gasteiger partial charge in [0.15, 0.2) is 0 Å². The molecule has 1 N–H and O–H groups in total. The highest BCUT2D eigenvalue weighted by Crippen LogP contribution is 2.28. The molecule has 0 heterocycles. The molecule has 0 fully saturated rings. The average Bonchev–Trinajstić information content (AvgIpc) is 2.49. The van der Waals surface area contributed by atoms with Crippen molar-refractivity contribution in [2.24, 2.45) is 0 Å². The van der Waals surface area contributed by atoms with E-state index < -0.39 is 0 Å². The van der Waals surface area contributed by atoms with E-state index in [1.807, 2.05) is 18.2 Å². The lowest BCUT2D eigenvalue weighted by Crippen LogP contribution is -2.07. The fourth-order valence-electron chi connectivity index (χ4n) is 2.18. The van der Waals surface area contributed by atoms with Gasteiger partial charge in [-0.15, -0.1) is 0 Å². The highest BCUT2D eigenvalue weighted by atomic mass is 79.9. The molecule has 0 amide bonds. The fraction of sp³-hybridized carbons (Fsp3) is 0.250. The number of nitro groups is 1. The molecule has 0 saturated heterocycles. The van der Waals surface area contributed by atoms with Crippen LogP contribution in [-0.4, -0.2) is 11.5 Å². The Morgan fingerprint density at radius 1 is 1.24 bits per heavy atom. The summed E-state index contributed by atoms with van der Waals surface area (Å²) in [7, 11) is 0. The molecule has 5 heteroatoms. The van der Waals surface area contributed by atoms with Gasteiger partial charge < -0.3 is 5.32 Å². The second kappa shape index (κ2) is 7.22. The minimum absolute atomic E-state index is 0.0942. The Morgan fingerprint density at radius 2 is 1.95 bits per heavy atom. The zero-order valence-corrected chi connectivity index (χ0v) is 13.3. The minimum atomic E-state index is -0.367. The molecule has 2 aromatic rings. The monoisotopic (exact) mass is 348 g/mol. The van der Waals surface area contributed by atoms with Crippen LogP contribution >= 0.6 is 15.9 Å². The van der Waals surface area contributed by atoms with E-state index in [2.05, 4.69) is 40.3 Å². The van der Waals surface area contributed by atoms with Crippen molar-refractivity contribution in [3.63, 3.8) is 0 Å². The Bertz CT molecular complexity index is 617. The van der Waals surface area contributed by atoms with E-state index in [-0.39, 0.29) is 10.6 Å². The van der Waals surface area contributed by atoms with Crippen LogP contribution in [0.3, 0.4) is 0 Å². The molecule has 2 rings (SSSR count). The fourth-order valence-corrected chi connectivity index (χ4v) is 2.53. The van der Waals surface area contributed by atoms with Crippen molar-refractivity contribution in [2.45, 2.75) is 19.3 Å². The summed E-state index contributed by atoms with van der Waals surface area (Å²) in [6.45, 7) is 2.85. The van der Waals surface area contributed by atoms with Crippen molar-refractivity contribution in [3.05, 3.63) is 68.7 Å². The molecule has 4 nitrogen and oxygen atoms in total. The Kier molecular flexibility index (Phi) is 5.33. The van der Waals surface area contributed by atoms with Gasteiger partial charge in [0.1, 0.15) is 5.69 Å². The van der Waals surface area contributed by atoms with E-state index in [4.69, 9.17) is 0 Å². The Labute approximate surface area is 132 Å². The summed E-state index contributed by atoms with van der Waals surface area (Å²) in [5.74, 6) is 0.410. The molecule has 21 heavy (non-hydrogen) atoms. The summed E-state index contributed by atoms with van der Waals surface area (Å²) in [5.41, 5.74) is 1.94. The second-order valence-electron chi connectivity index (χ2n) is 4.95. The van der Waals surface area contributed by atoms with E-state index in [1.54, 1.807) is 12.1 Å². The standard InChI is InChI=1S/C16H17BrN2O2/c1-12(13-5-3-2-4-6-13)9-10-18-15-8-7-14(17)11-16(15)19(20)21/h2-8,11-12,18H,9-10H2,1H3. The molecular weight excluding hydrogens is 332 g/mol. The van der Waals surface area contributed by atoms with E-state index in [0.29, 0.717) is 22.6 Å². The highest BCUT2D eigenvalue weighted by Gasteiger charge is 2.14. The molecule has 0 aromatic heterocycles. The maximum atomic E-state index is 11.0. The number of benzene rings is 2. The second-order valence-corrected chi connectivity index (χ2v) is 5.86. The smallest absolute Gasteiger partial charge is 0.293 e. The number of anilines is 1. The van der Waals surface area contributed by atoms with Gasteiger partial charge in [0, 0.05) is 17.1 Å². The summed E-state index contributed by atoms with van der Waals surface area (Å²) < 4.78 is 0.706. The summed E-state index contributed by atoms with van der Waals surface area (Å²) in [6, 6.07) is 15.3. The van der Waals surface area contributed by atoms with Gasteiger partial charge >= 0.3 is 0 Å². The maximum absolute atomic E-state index is 11.0. The van der Waals surface area contributed by atoms with Crippen LogP contribution in [0.15, 0.2) is 53.0 Å². The van der Waals surface area contributed by atoms with Gasteiger partial charge in [0.25, 0.3) is 5.69 Å². The van der Waals surface area contributed by atoms with Gasteiger partial charge in [-0.05, 0) is 30.0 Å². The van der Waals surface area contributed by atoms with E-state index in [1.165, 1.54) is 11.6 Å². The summed E-state index contributed by atoms with van der Waals surface area (Å²) in [4.78, 5) is 10.7. The van der Waals surface area contributed by atoms with Crippen LogP contribution in [-0.2, 0) is 0 Å². The number of halogens is 1. The number of hydrogen-bond donors (Lipinski definition) is 1. The van der Waals surface area contributed by atoms with Gasteiger partial charge in [0.2, 0.25) is 0 Å². The van der Waals surface area contributed by atoms with Crippen molar-refractivity contribution >= 4 is 27.3 Å². The van der Waals surface area contributed by atoms with Crippen LogP contribution in [0.1, 0.15) is 24.8 Å². The van der Waals surface area contributed by atoms with Gasteiger partial charge in [0.05, 0.1) is 4.92 Å². The van der Waals surface area contributed by atoms with Crippen LogP contribution in [0, 0.1) is 10.1 Å². The first-order chi connectivity index (χ1) is 10.1. The van der Waals surface area contributed by atoms with E-state index in [0.717, 1.165) is 6.42 Å². The Balaban J connectivity index is 1.96. The lowest BCUT2D eigenvalue weighted by atomic mass is 9.98. The third kappa shape index (κ3) is 4.29. The molecule has 0 aliphatic rings. The molecule has 0 aliphatic carbocycles. The number of nitro benzene ring substituents is 1. The quantitative estimate of drug-likeness (QED) is 0.592. The third-order valence-electron chi connectivity index (χ3n) is 3.42. The van der Waals surface area contributed by atoms with Gasteiger partial charge in [-0.2, -0.15) is 0 Å². The van der Waals surface area contributed by atoms with Gasteiger partial charge in [-0.3, -0.25) is 10.1 Å². The first kappa shape index (κ1) is 15.5. The molecule has 0 aliphatic heterocycles. The van der Waals surface area contributed by atoms with Crippen molar-refractivity contribution in [3.8, 4) is 0 Å². The first-order valence-corrected chi connectivity index (χ1v) is 7.60. The van der Waals surface area contributed by atoms with Crippen LogP contribution in [0.25, 0.3) is 0 Å². The number of nitrogens with one attached hydrogen (secondary N) is 1. The predicted octanol–water partition coefficient (Wildman–Crippen LogP) is 4.96. The Morgan fingerprint density at radius 3 is 2.62 bits per heavy atom. The van der Waals surface area contributed by atoms with E-state index >= 15 is 0 Å². The van der Waals surface area contributed by atoms with Crippen LogP contribution in [0.4, 0.5) is 11.4 Å². The first-order valence-electron chi connectivity index (χ1n) is 6.80. The predicted molar refractivity (Wildman–Crippen MR) is 88.8 cm³/mol. The molecule has 0 radical (unpaired) electrons. The normalized spacial score (nSPS) is 11.9. The number of rotatable bonds is 6. The maximum Gasteiger partial charge on any atom is 0.293 e.